The number of nitrogens with one attached hydrogen (secondary N) is 2. The highest BCUT2D eigenvalue weighted by Crippen LogP contribution is 2.27. The Hall–Kier alpha value is -3.35. The first-order valence-corrected chi connectivity index (χ1v) is 7.29. The van der Waals surface area contributed by atoms with Gasteiger partial charge in [0.2, 0.25) is 5.95 Å². The van der Waals surface area contributed by atoms with E-state index in [1.165, 1.54) is 0 Å². The number of benzene rings is 2. The standard InChI is InChI=1S/C17H17N5O2/c1-23-14-9-8-12(10-15(14)24-2)11-18-16-20-17(22-21-16)19-13-6-4-3-5-7-13/h3-11H,1-2H3,(H2,19,20,21,22)/b18-11+. The maximum atomic E-state index is 5.27. The number of rotatable bonds is 6. The summed E-state index contributed by atoms with van der Waals surface area (Å²) in [7, 11) is 3.19. The fraction of sp³-hybridized carbons (Fsp3) is 0.118. The second-order valence-corrected chi connectivity index (χ2v) is 4.85. The van der Waals surface area contributed by atoms with Crippen molar-refractivity contribution in [1.29, 1.82) is 0 Å². The van der Waals surface area contributed by atoms with Crippen molar-refractivity contribution >= 4 is 23.8 Å². The molecule has 122 valence electrons. The zero-order chi connectivity index (χ0) is 16.8. The van der Waals surface area contributed by atoms with Crippen LogP contribution >= 0.6 is 0 Å². The summed E-state index contributed by atoms with van der Waals surface area (Å²) >= 11 is 0. The van der Waals surface area contributed by atoms with E-state index in [2.05, 4.69) is 25.5 Å². The molecule has 0 aliphatic rings. The number of hydrogen-bond acceptors (Lipinski definition) is 6. The molecule has 24 heavy (non-hydrogen) atoms. The van der Waals surface area contributed by atoms with Crippen LogP contribution in [0.1, 0.15) is 5.56 Å². The third kappa shape index (κ3) is 3.70. The molecule has 1 aromatic heterocycles. The monoisotopic (exact) mass is 323 g/mol. The van der Waals surface area contributed by atoms with Crippen molar-refractivity contribution in [2.75, 3.05) is 19.5 Å². The smallest absolute Gasteiger partial charge is 0.269 e. The molecule has 0 unspecified atom stereocenters. The predicted molar refractivity (Wildman–Crippen MR) is 92.9 cm³/mol. The average Bonchev–Trinajstić information content (AvgIpc) is 3.08. The minimum Gasteiger partial charge on any atom is -0.493 e. The number of aromatic amines is 1. The Labute approximate surface area is 139 Å². The third-order valence-electron chi connectivity index (χ3n) is 3.25. The summed E-state index contributed by atoms with van der Waals surface area (Å²) in [6.45, 7) is 0. The molecule has 2 aromatic carbocycles. The second-order valence-electron chi connectivity index (χ2n) is 4.85. The van der Waals surface area contributed by atoms with Crippen LogP contribution in [0.25, 0.3) is 0 Å². The van der Waals surface area contributed by atoms with Gasteiger partial charge in [-0.3, -0.25) is 0 Å². The Morgan fingerprint density at radius 1 is 1.04 bits per heavy atom. The molecule has 3 rings (SSSR count). The number of aromatic nitrogens is 3. The lowest BCUT2D eigenvalue weighted by molar-refractivity contribution is 0.355. The molecule has 0 fully saturated rings. The van der Waals surface area contributed by atoms with Crippen molar-refractivity contribution in [1.82, 2.24) is 15.2 Å². The van der Waals surface area contributed by atoms with Crippen LogP contribution in [0.4, 0.5) is 17.6 Å². The van der Waals surface area contributed by atoms with Gasteiger partial charge >= 0.3 is 0 Å². The van der Waals surface area contributed by atoms with Gasteiger partial charge in [0.25, 0.3) is 5.95 Å². The molecule has 0 aliphatic heterocycles. The fourth-order valence-corrected chi connectivity index (χ4v) is 2.09. The van der Waals surface area contributed by atoms with Crippen LogP contribution in [0.2, 0.25) is 0 Å². The molecule has 0 spiro atoms. The van der Waals surface area contributed by atoms with Gasteiger partial charge in [0, 0.05) is 11.9 Å². The van der Waals surface area contributed by atoms with Gasteiger partial charge < -0.3 is 14.8 Å². The lowest BCUT2D eigenvalue weighted by Gasteiger charge is -2.07. The van der Waals surface area contributed by atoms with E-state index in [9.17, 15) is 0 Å². The number of nitrogens with zero attached hydrogens (tertiary/aromatic N) is 3. The van der Waals surface area contributed by atoms with Crippen molar-refractivity contribution in [2.45, 2.75) is 0 Å². The van der Waals surface area contributed by atoms with Gasteiger partial charge in [-0.15, -0.1) is 5.10 Å². The minimum absolute atomic E-state index is 0.336. The van der Waals surface area contributed by atoms with E-state index in [1.54, 1.807) is 20.4 Å². The van der Waals surface area contributed by atoms with Crippen LogP contribution in [0.3, 0.4) is 0 Å². The van der Waals surface area contributed by atoms with Gasteiger partial charge in [0.05, 0.1) is 14.2 Å². The van der Waals surface area contributed by atoms with E-state index in [1.807, 2.05) is 48.5 Å². The SMILES string of the molecule is COc1ccc(/C=N/c2n[nH]c(Nc3ccccc3)n2)cc1OC. The lowest BCUT2D eigenvalue weighted by atomic mass is 10.2. The van der Waals surface area contributed by atoms with Crippen molar-refractivity contribution in [3.8, 4) is 11.5 Å². The Balaban J connectivity index is 1.71. The fourth-order valence-electron chi connectivity index (χ4n) is 2.09. The highest BCUT2D eigenvalue weighted by molar-refractivity contribution is 5.82. The highest BCUT2D eigenvalue weighted by Gasteiger charge is 2.04. The number of methoxy groups -OCH3 is 2. The van der Waals surface area contributed by atoms with E-state index in [-0.39, 0.29) is 0 Å². The zero-order valence-corrected chi connectivity index (χ0v) is 13.4. The molecule has 0 saturated carbocycles. The van der Waals surface area contributed by atoms with Crippen LogP contribution < -0.4 is 14.8 Å². The molecule has 7 heteroatoms. The molecular weight excluding hydrogens is 306 g/mol. The number of H-pyrrole nitrogens is 1. The molecule has 2 N–H and O–H groups in total. The van der Waals surface area contributed by atoms with E-state index in [0.717, 1.165) is 11.3 Å². The van der Waals surface area contributed by atoms with Gasteiger partial charge in [-0.1, -0.05) is 18.2 Å². The second kappa shape index (κ2) is 7.28. The normalized spacial score (nSPS) is 10.8. The van der Waals surface area contributed by atoms with E-state index < -0.39 is 0 Å². The molecule has 0 saturated heterocycles. The Bertz CT molecular complexity index is 830. The summed E-state index contributed by atoms with van der Waals surface area (Å²) in [5.41, 5.74) is 1.78. The average molecular weight is 323 g/mol. The number of ether oxygens (including phenoxy) is 2. The summed E-state index contributed by atoms with van der Waals surface area (Å²) in [5.74, 6) is 2.17. The molecule has 0 amide bonds. The number of aliphatic imine (C=N–C) groups is 1. The molecule has 1 heterocycles. The third-order valence-corrected chi connectivity index (χ3v) is 3.25. The first kappa shape index (κ1) is 15.5. The van der Waals surface area contributed by atoms with E-state index in [4.69, 9.17) is 9.47 Å². The van der Waals surface area contributed by atoms with Crippen LogP contribution in [0.5, 0.6) is 11.5 Å². The first-order chi connectivity index (χ1) is 11.8. The van der Waals surface area contributed by atoms with Crippen LogP contribution in [-0.4, -0.2) is 35.6 Å². The minimum atomic E-state index is 0.336. The summed E-state index contributed by atoms with van der Waals surface area (Å²) in [5, 5.41) is 9.97. The summed E-state index contributed by atoms with van der Waals surface area (Å²) in [6.07, 6.45) is 1.66. The van der Waals surface area contributed by atoms with Gasteiger partial charge in [-0.05, 0) is 35.9 Å². The molecule has 7 nitrogen and oxygen atoms in total. The van der Waals surface area contributed by atoms with Crippen molar-refractivity contribution in [2.24, 2.45) is 4.99 Å². The van der Waals surface area contributed by atoms with Gasteiger partial charge in [-0.2, -0.15) is 4.98 Å². The molecule has 0 atom stereocenters. The molecule has 0 aliphatic carbocycles. The summed E-state index contributed by atoms with van der Waals surface area (Å²) in [4.78, 5) is 8.52. The molecule has 3 aromatic rings. The van der Waals surface area contributed by atoms with Crippen LogP contribution in [0.15, 0.2) is 53.5 Å². The lowest BCUT2D eigenvalue weighted by Crippen LogP contribution is -1.92. The molecule has 0 bridgehead atoms. The summed E-state index contributed by atoms with van der Waals surface area (Å²) in [6, 6.07) is 15.2. The largest absolute Gasteiger partial charge is 0.493 e. The quantitative estimate of drug-likeness (QED) is 0.680. The van der Waals surface area contributed by atoms with Crippen LogP contribution in [0, 0.1) is 0 Å². The summed E-state index contributed by atoms with van der Waals surface area (Å²) < 4.78 is 10.5. The highest BCUT2D eigenvalue weighted by atomic mass is 16.5. The molecule has 0 radical (unpaired) electrons. The van der Waals surface area contributed by atoms with Crippen LogP contribution in [-0.2, 0) is 0 Å². The Morgan fingerprint density at radius 3 is 2.58 bits per heavy atom. The maximum absolute atomic E-state index is 5.27. The number of hydrogen-bond donors (Lipinski definition) is 2. The maximum Gasteiger partial charge on any atom is 0.269 e. The van der Waals surface area contributed by atoms with Crippen molar-refractivity contribution in [3.05, 3.63) is 54.1 Å². The van der Waals surface area contributed by atoms with Crippen molar-refractivity contribution in [3.63, 3.8) is 0 Å². The number of para-hydroxylation sites is 1. The van der Waals surface area contributed by atoms with Gasteiger partial charge in [0.15, 0.2) is 11.5 Å². The van der Waals surface area contributed by atoms with Gasteiger partial charge in [-0.25, -0.2) is 10.1 Å². The Kier molecular flexibility index (Phi) is 4.71. The first-order valence-electron chi connectivity index (χ1n) is 7.29. The zero-order valence-electron chi connectivity index (χ0n) is 13.4. The number of anilines is 2. The van der Waals surface area contributed by atoms with Gasteiger partial charge in [0.1, 0.15) is 0 Å². The van der Waals surface area contributed by atoms with E-state index in [0.29, 0.717) is 23.4 Å². The van der Waals surface area contributed by atoms with E-state index >= 15 is 0 Å². The molecular formula is C17H17N5O2. The van der Waals surface area contributed by atoms with Crippen molar-refractivity contribution < 1.29 is 9.47 Å². The Morgan fingerprint density at radius 2 is 1.83 bits per heavy atom. The topological polar surface area (TPSA) is 84.4 Å². The predicted octanol–water partition coefficient (Wildman–Crippen LogP) is 3.32.